The van der Waals surface area contributed by atoms with Crippen molar-refractivity contribution in [1.29, 1.82) is 0 Å². The number of pyridine rings is 1. The molecule has 0 aliphatic carbocycles. The lowest BCUT2D eigenvalue weighted by molar-refractivity contribution is -0.195. The van der Waals surface area contributed by atoms with E-state index in [2.05, 4.69) is 61.3 Å². The topological polar surface area (TPSA) is 28.3 Å². The average Bonchev–Trinajstić information content (AvgIpc) is 2.44. The van der Waals surface area contributed by atoms with Gasteiger partial charge in [0.2, 0.25) is 11.9 Å². The van der Waals surface area contributed by atoms with Crippen LogP contribution in [0.25, 0.3) is 0 Å². The molecule has 0 aromatic carbocycles. The van der Waals surface area contributed by atoms with E-state index in [4.69, 9.17) is 0 Å². The third kappa shape index (κ3) is 2.53. The van der Waals surface area contributed by atoms with Crippen molar-refractivity contribution in [2.24, 2.45) is 4.99 Å². The minimum atomic E-state index is 1.06. The second-order valence-corrected chi connectivity index (χ2v) is 4.96. The Kier molecular flexibility index (Phi) is 3.66. The van der Waals surface area contributed by atoms with Gasteiger partial charge in [0.05, 0.1) is 11.4 Å². The molecule has 1 aliphatic heterocycles. The van der Waals surface area contributed by atoms with E-state index in [-0.39, 0.29) is 0 Å². The number of halogens is 2. The molecule has 2 heterocycles. The summed E-state index contributed by atoms with van der Waals surface area (Å²) < 4.78 is 3.11. The van der Waals surface area contributed by atoms with Gasteiger partial charge in [0.25, 0.3) is 0 Å². The molecule has 2 rings (SSSR count). The number of allylic oxidation sites excluding steroid dienone is 1. The number of aliphatic imine (C=N–C) groups is 1. The van der Waals surface area contributed by atoms with Crippen molar-refractivity contribution in [3.8, 4) is 0 Å². The molecule has 0 saturated heterocycles. The van der Waals surface area contributed by atoms with Crippen molar-refractivity contribution in [3.63, 3.8) is 0 Å². The minimum absolute atomic E-state index is 1.06. The fraction of sp³-hybridized carbons (Fsp3) is 0. The van der Waals surface area contributed by atoms with Crippen LogP contribution in [0.4, 0.5) is 0 Å². The molecular formula is C10H6I2N3+. The van der Waals surface area contributed by atoms with Crippen LogP contribution in [-0.2, 0) is 0 Å². The maximum Gasteiger partial charge on any atom is 0.355 e. The summed E-state index contributed by atoms with van der Waals surface area (Å²) in [5.41, 5.74) is 2.15. The molecule has 0 atom stereocenters. The Morgan fingerprint density at radius 3 is 3.07 bits per heavy atom. The van der Waals surface area contributed by atoms with Crippen LogP contribution in [0.3, 0.4) is 0 Å². The Hall–Kier alpha value is -0.530. The summed E-state index contributed by atoms with van der Waals surface area (Å²) in [4.78, 5) is 8.08. The Balaban J connectivity index is 2.57. The number of hydrogen-bond donors (Lipinski definition) is 0. The summed E-state index contributed by atoms with van der Waals surface area (Å²) >= 11 is 4.50. The highest BCUT2D eigenvalue weighted by atomic mass is 127. The third-order valence-corrected chi connectivity index (χ3v) is 3.57. The summed E-state index contributed by atoms with van der Waals surface area (Å²) in [6.45, 7) is 0. The largest absolute Gasteiger partial charge is 0.355 e. The van der Waals surface area contributed by atoms with Gasteiger partial charge in [-0.25, -0.2) is 4.99 Å². The molecule has 0 N–H and O–H groups in total. The first kappa shape index (κ1) is 11.0. The maximum absolute atomic E-state index is 4.13. The number of hydrogen-bond acceptors (Lipinski definition) is 2. The SMILES string of the molecule is Ic1ccncc1C1=[N+](I)C=C=NC=C1. The summed E-state index contributed by atoms with van der Waals surface area (Å²) in [6, 6.07) is 1.98. The molecule has 0 bridgehead atoms. The summed E-state index contributed by atoms with van der Waals surface area (Å²) in [5, 5.41) is 0. The zero-order valence-electron chi connectivity index (χ0n) is 7.56. The maximum atomic E-state index is 4.13. The third-order valence-electron chi connectivity index (χ3n) is 1.83. The van der Waals surface area contributed by atoms with E-state index in [1.54, 1.807) is 18.6 Å². The van der Waals surface area contributed by atoms with E-state index < -0.39 is 0 Å². The molecule has 74 valence electrons. The number of nitrogens with zero attached hydrogens (tertiary/aromatic N) is 3. The summed E-state index contributed by atoms with van der Waals surface area (Å²) in [7, 11) is 0. The Morgan fingerprint density at radius 2 is 2.27 bits per heavy atom. The molecule has 0 fully saturated rings. The van der Waals surface area contributed by atoms with Gasteiger partial charge in [0, 0.05) is 28.2 Å². The smallest absolute Gasteiger partial charge is 0.264 e. The average molecular weight is 422 g/mol. The van der Waals surface area contributed by atoms with Crippen LogP contribution >= 0.6 is 45.5 Å². The van der Waals surface area contributed by atoms with Crippen LogP contribution in [0, 0.1) is 3.57 Å². The first-order chi connectivity index (χ1) is 7.29. The van der Waals surface area contributed by atoms with Crippen LogP contribution in [0.15, 0.2) is 41.9 Å². The molecule has 0 spiro atoms. The molecule has 1 aromatic rings. The van der Waals surface area contributed by atoms with E-state index in [0.717, 1.165) is 11.3 Å². The first-order valence-electron chi connectivity index (χ1n) is 4.16. The molecule has 15 heavy (non-hydrogen) atoms. The fourth-order valence-corrected chi connectivity index (χ4v) is 2.27. The van der Waals surface area contributed by atoms with Crippen LogP contribution in [0.2, 0.25) is 0 Å². The van der Waals surface area contributed by atoms with Crippen LogP contribution < -0.4 is 0 Å². The van der Waals surface area contributed by atoms with Gasteiger partial charge in [-0.2, -0.15) is 0 Å². The van der Waals surface area contributed by atoms with E-state index >= 15 is 0 Å². The van der Waals surface area contributed by atoms with E-state index in [1.807, 2.05) is 21.1 Å². The van der Waals surface area contributed by atoms with Crippen molar-refractivity contribution in [3.05, 3.63) is 46.1 Å². The molecule has 0 amide bonds. The predicted octanol–water partition coefficient (Wildman–Crippen LogP) is 2.55. The molecule has 5 heteroatoms. The minimum Gasteiger partial charge on any atom is -0.264 e. The van der Waals surface area contributed by atoms with Gasteiger partial charge in [0.15, 0.2) is 0 Å². The second-order valence-electron chi connectivity index (χ2n) is 2.76. The quantitative estimate of drug-likeness (QED) is 0.506. The molecule has 3 nitrogen and oxygen atoms in total. The van der Waals surface area contributed by atoms with Gasteiger partial charge in [-0.3, -0.25) is 4.98 Å². The lowest BCUT2D eigenvalue weighted by Gasteiger charge is -1.98. The normalized spacial score (nSPS) is 14.5. The molecule has 0 radical (unpaired) electrons. The number of rotatable bonds is 1. The van der Waals surface area contributed by atoms with Crippen molar-refractivity contribution in [2.75, 3.05) is 0 Å². The monoisotopic (exact) mass is 422 g/mol. The fourth-order valence-electron chi connectivity index (χ4n) is 1.15. The van der Waals surface area contributed by atoms with Gasteiger partial charge in [-0.15, -0.1) is 2.79 Å². The standard InChI is InChI=1S/C10H6I2N3/c11-9-1-3-14-7-8(9)10-2-4-13-5-6-15(10)12/h1-4,6-7H/q+1. The highest BCUT2D eigenvalue weighted by molar-refractivity contribution is 14.1. The van der Waals surface area contributed by atoms with Crippen molar-refractivity contribution < 1.29 is 2.79 Å². The second kappa shape index (κ2) is 5.00. The number of aromatic nitrogens is 1. The Bertz CT molecular complexity index is 511. The zero-order valence-corrected chi connectivity index (χ0v) is 11.9. The van der Waals surface area contributed by atoms with Gasteiger partial charge >= 0.3 is 22.9 Å². The van der Waals surface area contributed by atoms with Gasteiger partial charge in [0.1, 0.15) is 0 Å². The Morgan fingerprint density at radius 1 is 1.40 bits per heavy atom. The van der Waals surface area contributed by atoms with Crippen molar-refractivity contribution in [1.82, 2.24) is 4.98 Å². The van der Waals surface area contributed by atoms with Crippen LogP contribution in [0.1, 0.15) is 5.56 Å². The lowest BCUT2D eigenvalue weighted by Crippen LogP contribution is -2.08. The van der Waals surface area contributed by atoms with Crippen LogP contribution in [-0.4, -0.2) is 19.4 Å². The molecular weight excluding hydrogens is 416 g/mol. The van der Waals surface area contributed by atoms with Crippen molar-refractivity contribution in [2.45, 2.75) is 0 Å². The van der Waals surface area contributed by atoms with Crippen LogP contribution in [0.5, 0.6) is 0 Å². The molecule has 0 unspecified atom stereocenters. The van der Waals surface area contributed by atoms with E-state index in [0.29, 0.717) is 0 Å². The van der Waals surface area contributed by atoms with E-state index in [1.165, 1.54) is 3.57 Å². The molecule has 1 aromatic heterocycles. The van der Waals surface area contributed by atoms with Gasteiger partial charge in [-0.05, 0) is 28.7 Å². The first-order valence-corrected chi connectivity index (χ1v) is 6.20. The van der Waals surface area contributed by atoms with Gasteiger partial charge < -0.3 is 0 Å². The molecule has 1 aliphatic rings. The van der Waals surface area contributed by atoms with Crippen molar-refractivity contribution >= 4 is 57.0 Å². The van der Waals surface area contributed by atoms with Gasteiger partial charge in [-0.1, -0.05) is 0 Å². The molecule has 0 saturated carbocycles. The summed E-state index contributed by atoms with van der Waals surface area (Å²) in [5.74, 6) is 2.80. The summed E-state index contributed by atoms with van der Waals surface area (Å²) in [6.07, 6.45) is 9.11. The highest BCUT2D eigenvalue weighted by Gasteiger charge is 2.15. The Labute approximate surface area is 115 Å². The van der Waals surface area contributed by atoms with E-state index in [9.17, 15) is 0 Å². The predicted molar refractivity (Wildman–Crippen MR) is 76.5 cm³/mol. The lowest BCUT2D eigenvalue weighted by atomic mass is 10.2. The highest BCUT2D eigenvalue weighted by Crippen LogP contribution is 2.13. The zero-order chi connectivity index (χ0) is 10.7.